The Morgan fingerprint density at radius 3 is 2.60 bits per heavy atom. The average molecular weight is 337 g/mol. The number of halogens is 1. The topological polar surface area (TPSA) is 46.3 Å². The fourth-order valence-corrected chi connectivity index (χ4v) is 2.11. The molecule has 0 atom stereocenters. The van der Waals surface area contributed by atoms with Crippen LogP contribution in [0.1, 0.15) is 35.9 Å². The molecule has 0 saturated carbocycles. The molecule has 2 aromatic rings. The Bertz CT molecular complexity index is 590. The van der Waals surface area contributed by atoms with E-state index in [1.54, 1.807) is 17.2 Å². The van der Waals surface area contributed by atoms with Crippen LogP contribution in [0.4, 0.5) is 0 Å². The third-order valence-corrected chi connectivity index (χ3v) is 3.42. The second kappa shape index (κ2) is 6.22. The smallest absolute Gasteiger partial charge is 0.273 e. The van der Waals surface area contributed by atoms with Crippen LogP contribution in [0.25, 0.3) is 0 Å². The minimum absolute atomic E-state index is 0.0679. The predicted octanol–water partition coefficient (Wildman–Crippen LogP) is 3.80. The van der Waals surface area contributed by atoms with Crippen molar-refractivity contribution in [3.8, 4) is 0 Å². The summed E-state index contributed by atoms with van der Waals surface area (Å²) < 4.78 is 6.40. The molecular formula is C15H17BrN2O2. The summed E-state index contributed by atoms with van der Waals surface area (Å²) >= 11 is 3.31. The number of amides is 1. The van der Waals surface area contributed by atoms with Crippen molar-refractivity contribution in [3.63, 3.8) is 0 Å². The fourth-order valence-electron chi connectivity index (χ4n) is 1.88. The Morgan fingerprint density at radius 1 is 1.35 bits per heavy atom. The zero-order chi connectivity index (χ0) is 14.7. The summed E-state index contributed by atoms with van der Waals surface area (Å²) in [6.07, 6.45) is 1.63. The van der Waals surface area contributed by atoms with Crippen LogP contribution in [0.2, 0.25) is 0 Å². The normalized spacial score (nSPS) is 10.8. The molecule has 2 heterocycles. The van der Waals surface area contributed by atoms with E-state index in [0.717, 1.165) is 16.0 Å². The maximum absolute atomic E-state index is 12.5. The highest BCUT2D eigenvalue weighted by molar-refractivity contribution is 9.10. The van der Waals surface area contributed by atoms with Crippen LogP contribution in [0.5, 0.6) is 0 Å². The molecule has 2 aromatic heterocycles. The first kappa shape index (κ1) is 14.8. The first-order valence-electron chi connectivity index (χ1n) is 6.45. The van der Waals surface area contributed by atoms with Crippen molar-refractivity contribution in [1.29, 1.82) is 0 Å². The lowest BCUT2D eigenvalue weighted by molar-refractivity contribution is 0.0669. The van der Waals surface area contributed by atoms with Gasteiger partial charge in [0.1, 0.15) is 17.2 Å². The van der Waals surface area contributed by atoms with Crippen LogP contribution < -0.4 is 0 Å². The third kappa shape index (κ3) is 3.48. The molecule has 0 aliphatic rings. The largest absolute Gasteiger partial charge is 0.464 e. The summed E-state index contributed by atoms with van der Waals surface area (Å²) in [5.74, 6) is 1.53. The number of pyridine rings is 1. The number of hydrogen-bond donors (Lipinski definition) is 0. The minimum atomic E-state index is -0.0958. The van der Waals surface area contributed by atoms with Gasteiger partial charge < -0.3 is 9.32 Å². The molecule has 0 spiro atoms. The highest BCUT2D eigenvalue weighted by Gasteiger charge is 2.21. The Labute approximate surface area is 126 Å². The van der Waals surface area contributed by atoms with Crippen LogP contribution in [0.15, 0.2) is 39.4 Å². The molecular weight excluding hydrogens is 320 g/mol. The lowest BCUT2D eigenvalue weighted by Crippen LogP contribution is -2.36. The molecule has 0 aliphatic heterocycles. The van der Waals surface area contributed by atoms with Crippen molar-refractivity contribution in [1.82, 2.24) is 9.88 Å². The van der Waals surface area contributed by atoms with E-state index in [-0.39, 0.29) is 11.9 Å². The molecule has 4 nitrogen and oxygen atoms in total. The van der Waals surface area contributed by atoms with Gasteiger partial charge in [-0.3, -0.25) is 4.79 Å². The molecule has 20 heavy (non-hydrogen) atoms. The first-order chi connectivity index (χ1) is 9.47. The summed E-state index contributed by atoms with van der Waals surface area (Å²) in [5, 5.41) is 0. The number of hydrogen-bond acceptors (Lipinski definition) is 3. The second-order valence-corrected chi connectivity index (χ2v) is 5.82. The third-order valence-electron chi connectivity index (χ3n) is 2.95. The standard InChI is InChI=1S/C15H17BrN2O2/c1-10(2)18(9-13-6-4-11(3)20-13)15(19)14-7-5-12(16)8-17-14/h4-8,10H,9H2,1-3H3. The summed E-state index contributed by atoms with van der Waals surface area (Å²) in [6, 6.07) is 7.40. The van der Waals surface area contributed by atoms with E-state index in [2.05, 4.69) is 20.9 Å². The Morgan fingerprint density at radius 2 is 2.10 bits per heavy atom. The van der Waals surface area contributed by atoms with E-state index >= 15 is 0 Å². The Hall–Kier alpha value is -1.62. The van der Waals surface area contributed by atoms with E-state index in [0.29, 0.717) is 12.2 Å². The molecule has 0 aromatic carbocycles. The first-order valence-corrected chi connectivity index (χ1v) is 7.24. The summed E-state index contributed by atoms with van der Waals surface area (Å²) in [4.78, 5) is 18.4. The Balaban J connectivity index is 2.19. The number of aryl methyl sites for hydroxylation is 1. The van der Waals surface area contributed by atoms with Gasteiger partial charge in [-0.1, -0.05) is 0 Å². The fraction of sp³-hybridized carbons (Fsp3) is 0.333. The van der Waals surface area contributed by atoms with Gasteiger partial charge in [0.2, 0.25) is 0 Å². The van der Waals surface area contributed by atoms with Gasteiger partial charge in [0, 0.05) is 16.7 Å². The van der Waals surface area contributed by atoms with Crippen molar-refractivity contribution in [3.05, 3.63) is 52.1 Å². The molecule has 0 fully saturated rings. The van der Waals surface area contributed by atoms with Crippen molar-refractivity contribution < 1.29 is 9.21 Å². The van der Waals surface area contributed by atoms with E-state index in [1.165, 1.54) is 0 Å². The monoisotopic (exact) mass is 336 g/mol. The highest BCUT2D eigenvalue weighted by atomic mass is 79.9. The lowest BCUT2D eigenvalue weighted by Gasteiger charge is -2.25. The highest BCUT2D eigenvalue weighted by Crippen LogP contribution is 2.15. The van der Waals surface area contributed by atoms with E-state index in [9.17, 15) is 4.79 Å². The predicted molar refractivity (Wildman–Crippen MR) is 80.4 cm³/mol. The van der Waals surface area contributed by atoms with Crippen LogP contribution in [0.3, 0.4) is 0 Å². The second-order valence-electron chi connectivity index (χ2n) is 4.90. The van der Waals surface area contributed by atoms with Crippen LogP contribution in [0, 0.1) is 6.92 Å². The average Bonchev–Trinajstić information content (AvgIpc) is 2.81. The summed E-state index contributed by atoms with van der Waals surface area (Å²) in [6.45, 7) is 6.29. The molecule has 0 radical (unpaired) electrons. The molecule has 1 amide bonds. The van der Waals surface area contributed by atoms with Crippen molar-refractivity contribution in [2.75, 3.05) is 0 Å². The maximum atomic E-state index is 12.5. The number of aromatic nitrogens is 1. The van der Waals surface area contributed by atoms with Crippen molar-refractivity contribution in [2.45, 2.75) is 33.4 Å². The molecule has 0 bridgehead atoms. The van der Waals surface area contributed by atoms with Gasteiger partial charge in [-0.25, -0.2) is 4.98 Å². The molecule has 106 valence electrons. The van der Waals surface area contributed by atoms with Crippen LogP contribution >= 0.6 is 15.9 Å². The molecule has 0 unspecified atom stereocenters. The minimum Gasteiger partial charge on any atom is -0.464 e. The SMILES string of the molecule is Cc1ccc(CN(C(=O)c2ccc(Br)cn2)C(C)C)o1. The van der Waals surface area contributed by atoms with Gasteiger partial charge in [0.05, 0.1) is 6.54 Å². The molecule has 5 heteroatoms. The Kier molecular flexibility index (Phi) is 4.60. The maximum Gasteiger partial charge on any atom is 0.273 e. The number of furan rings is 1. The molecule has 0 saturated heterocycles. The van der Waals surface area contributed by atoms with Gasteiger partial charge in [-0.2, -0.15) is 0 Å². The van der Waals surface area contributed by atoms with Gasteiger partial charge in [-0.05, 0) is 61.0 Å². The van der Waals surface area contributed by atoms with Gasteiger partial charge in [0.25, 0.3) is 5.91 Å². The van der Waals surface area contributed by atoms with Crippen LogP contribution in [-0.4, -0.2) is 21.8 Å². The lowest BCUT2D eigenvalue weighted by atomic mass is 10.2. The summed E-state index contributed by atoms with van der Waals surface area (Å²) in [5.41, 5.74) is 0.435. The molecule has 0 aliphatic carbocycles. The van der Waals surface area contributed by atoms with Crippen LogP contribution in [-0.2, 0) is 6.54 Å². The van der Waals surface area contributed by atoms with E-state index in [1.807, 2.05) is 39.0 Å². The summed E-state index contributed by atoms with van der Waals surface area (Å²) in [7, 11) is 0. The number of rotatable bonds is 4. The number of carbonyl (C=O) groups is 1. The van der Waals surface area contributed by atoms with Crippen molar-refractivity contribution in [2.24, 2.45) is 0 Å². The zero-order valence-corrected chi connectivity index (χ0v) is 13.3. The van der Waals surface area contributed by atoms with Gasteiger partial charge in [-0.15, -0.1) is 0 Å². The van der Waals surface area contributed by atoms with Crippen molar-refractivity contribution >= 4 is 21.8 Å². The zero-order valence-electron chi connectivity index (χ0n) is 11.8. The number of nitrogens with zero attached hydrogens (tertiary/aromatic N) is 2. The molecule has 0 N–H and O–H groups in total. The number of carbonyl (C=O) groups excluding carboxylic acids is 1. The molecule has 2 rings (SSSR count). The van der Waals surface area contributed by atoms with E-state index in [4.69, 9.17) is 4.42 Å². The van der Waals surface area contributed by atoms with E-state index < -0.39 is 0 Å². The van der Waals surface area contributed by atoms with Gasteiger partial charge in [0.15, 0.2) is 0 Å². The van der Waals surface area contributed by atoms with Gasteiger partial charge >= 0.3 is 0 Å². The quantitative estimate of drug-likeness (QED) is 0.853.